The van der Waals surface area contributed by atoms with Gasteiger partial charge in [-0.2, -0.15) is 17.4 Å². The van der Waals surface area contributed by atoms with Gasteiger partial charge in [0.2, 0.25) is 0 Å². The Bertz CT molecular complexity index is 633. The number of hydrogen-bond donors (Lipinski definition) is 0. The monoisotopic (exact) mass is 447 g/mol. The van der Waals surface area contributed by atoms with E-state index in [1.165, 1.54) is 11.3 Å². The Morgan fingerprint density at radius 1 is 0.800 bits per heavy atom. The van der Waals surface area contributed by atoms with E-state index in [2.05, 4.69) is 24.3 Å². The summed E-state index contributed by atoms with van der Waals surface area (Å²) < 4.78 is 0. The molecule has 0 aliphatic carbocycles. The minimum atomic E-state index is 0. The molecule has 98 valence electrons. The molecule has 0 radical (unpaired) electrons. The van der Waals surface area contributed by atoms with Crippen LogP contribution in [0.5, 0.6) is 0 Å². The predicted octanol–water partition coefficient (Wildman–Crippen LogP) is 4.54. The first kappa shape index (κ1) is 14.9. The molecule has 0 aliphatic rings. The molecule has 0 N–H and O–H groups in total. The van der Waals surface area contributed by atoms with Crippen molar-refractivity contribution < 1.29 is 25.9 Å². The van der Waals surface area contributed by atoms with Crippen molar-refractivity contribution in [2.45, 2.75) is 0 Å². The Morgan fingerprint density at radius 2 is 1.35 bits per heavy atom. The third kappa shape index (κ3) is 2.97. The van der Waals surface area contributed by atoms with Gasteiger partial charge in [-0.3, -0.25) is 0 Å². The van der Waals surface area contributed by atoms with Gasteiger partial charge in [0.15, 0.2) is 0 Å². The molecule has 0 aliphatic heterocycles. The molecule has 0 saturated carbocycles. The van der Waals surface area contributed by atoms with Gasteiger partial charge in [-0.25, -0.2) is 0 Å². The van der Waals surface area contributed by atoms with Crippen molar-refractivity contribution in [3.63, 3.8) is 0 Å². The SMILES string of the molecule is O=[C-]c1cc(-c2ccccc2)c(-c2ccccc2)s1.[W]. The second-order valence-corrected chi connectivity index (χ2v) is 5.24. The number of hydrogen-bond acceptors (Lipinski definition) is 2. The summed E-state index contributed by atoms with van der Waals surface area (Å²) >= 11 is 1.48. The molecular formula is C17H11OSW-. The Hall–Kier alpha value is -1.50. The van der Waals surface area contributed by atoms with Gasteiger partial charge in [0.25, 0.3) is 0 Å². The van der Waals surface area contributed by atoms with Crippen molar-refractivity contribution in [2.24, 2.45) is 0 Å². The maximum Gasteiger partial charge on any atom is 0.0218 e. The average Bonchev–Trinajstić information content (AvgIpc) is 2.93. The second kappa shape index (κ2) is 6.78. The first-order valence-corrected chi connectivity index (χ1v) is 6.83. The first-order valence-electron chi connectivity index (χ1n) is 6.01. The summed E-state index contributed by atoms with van der Waals surface area (Å²) in [5.74, 6) is 0. The van der Waals surface area contributed by atoms with Crippen molar-refractivity contribution in [3.8, 4) is 21.6 Å². The zero-order valence-corrected chi connectivity index (χ0v) is 14.3. The van der Waals surface area contributed by atoms with Gasteiger partial charge < -0.3 is 4.79 Å². The van der Waals surface area contributed by atoms with Crippen LogP contribution >= 0.6 is 11.3 Å². The molecule has 1 nitrogen and oxygen atoms in total. The summed E-state index contributed by atoms with van der Waals surface area (Å²) in [5, 5.41) is 0. The number of thiophene rings is 1. The van der Waals surface area contributed by atoms with Crippen molar-refractivity contribution in [1.82, 2.24) is 0 Å². The third-order valence-corrected chi connectivity index (χ3v) is 4.03. The van der Waals surface area contributed by atoms with Gasteiger partial charge in [0.1, 0.15) is 0 Å². The van der Waals surface area contributed by atoms with Gasteiger partial charge in [-0.15, -0.1) is 4.88 Å². The molecule has 0 amide bonds. The minimum absolute atomic E-state index is 0. The van der Waals surface area contributed by atoms with Crippen LogP contribution in [0.1, 0.15) is 4.88 Å². The van der Waals surface area contributed by atoms with Crippen LogP contribution in [0.2, 0.25) is 0 Å². The standard InChI is InChI=1S/C17H11OS.W/c18-12-15-11-16(13-7-3-1-4-8-13)17(19-15)14-9-5-2-6-10-14;/h1-11H;/q-1;. The van der Waals surface area contributed by atoms with E-state index in [0.29, 0.717) is 4.88 Å². The van der Waals surface area contributed by atoms with E-state index < -0.39 is 0 Å². The van der Waals surface area contributed by atoms with E-state index in [1.807, 2.05) is 48.8 Å². The number of carbonyl (C=O) groups excluding carboxylic acids is 1. The Morgan fingerprint density at radius 3 is 1.90 bits per heavy atom. The smallest absolute Gasteiger partial charge is 0.0218 e. The van der Waals surface area contributed by atoms with E-state index in [-0.39, 0.29) is 21.1 Å². The quantitative estimate of drug-likeness (QED) is 0.540. The Balaban J connectivity index is 0.00000147. The fourth-order valence-corrected chi connectivity index (χ4v) is 3.06. The van der Waals surface area contributed by atoms with Gasteiger partial charge in [-0.1, -0.05) is 66.2 Å². The molecule has 1 aromatic heterocycles. The molecule has 0 atom stereocenters. The molecule has 0 fully saturated rings. The molecule has 3 aromatic rings. The molecule has 0 saturated heterocycles. The number of benzene rings is 2. The summed E-state index contributed by atoms with van der Waals surface area (Å²) in [5.41, 5.74) is 3.35. The van der Waals surface area contributed by atoms with Crippen molar-refractivity contribution in [2.75, 3.05) is 0 Å². The van der Waals surface area contributed by atoms with E-state index >= 15 is 0 Å². The van der Waals surface area contributed by atoms with Crippen LogP contribution in [-0.2, 0) is 25.9 Å². The normalized spacial score (nSPS) is 9.80. The van der Waals surface area contributed by atoms with Crippen molar-refractivity contribution in [3.05, 3.63) is 71.6 Å². The first-order chi connectivity index (χ1) is 9.38. The zero-order valence-electron chi connectivity index (χ0n) is 10.6. The van der Waals surface area contributed by atoms with Crippen LogP contribution in [0, 0.1) is 0 Å². The number of rotatable bonds is 3. The fourth-order valence-electron chi connectivity index (χ4n) is 2.08. The molecular weight excluding hydrogens is 436 g/mol. The van der Waals surface area contributed by atoms with Crippen molar-refractivity contribution in [1.29, 1.82) is 0 Å². The summed E-state index contributed by atoms with van der Waals surface area (Å²) in [6, 6.07) is 22.2. The van der Waals surface area contributed by atoms with Gasteiger partial charge in [0.05, 0.1) is 0 Å². The summed E-state index contributed by atoms with van der Waals surface area (Å²) in [4.78, 5) is 12.7. The second-order valence-electron chi connectivity index (χ2n) is 4.19. The maximum atomic E-state index is 10.9. The van der Waals surface area contributed by atoms with E-state index in [0.717, 1.165) is 21.6 Å². The van der Waals surface area contributed by atoms with Crippen LogP contribution in [0.3, 0.4) is 0 Å². The van der Waals surface area contributed by atoms with Crippen LogP contribution in [-0.4, -0.2) is 6.29 Å². The topological polar surface area (TPSA) is 17.1 Å². The minimum Gasteiger partial charge on any atom is -0.417 e. The van der Waals surface area contributed by atoms with Gasteiger partial charge >= 0.3 is 0 Å². The molecule has 3 rings (SSSR count). The van der Waals surface area contributed by atoms with Crippen molar-refractivity contribution >= 4 is 17.6 Å². The summed E-state index contributed by atoms with van der Waals surface area (Å²) in [6.45, 7) is 0. The van der Waals surface area contributed by atoms with Crippen LogP contribution in [0.4, 0.5) is 0 Å². The third-order valence-electron chi connectivity index (χ3n) is 2.95. The average molecular weight is 447 g/mol. The van der Waals surface area contributed by atoms with Gasteiger partial charge in [-0.05, 0) is 11.1 Å². The molecule has 20 heavy (non-hydrogen) atoms. The summed E-state index contributed by atoms with van der Waals surface area (Å²) in [6.07, 6.45) is 2.00. The van der Waals surface area contributed by atoms with E-state index in [4.69, 9.17) is 0 Å². The molecule has 0 bridgehead atoms. The summed E-state index contributed by atoms with van der Waals surface area (Å²) in [7, 11) is 0. The van der Waals surface area contributed by atoms with Crippen LogP contribution < -0.4 is 0 Å². The fraction of sp³-hybridized carbons (Fsp3) is 0. The predicted molar refractivity (Wildman–Crippen MR) is 80.0 cm³/mol. The molecule has 3 heteroatoms. The van der Waals surface area contributed by atoms with Crippen LogP contribution in [0.15, 0.2) is 66.7 Å². The molecule has 0 unspecified atom stereocenters. The molecule has 2 aromatic carbocycles. The molecule has 1 heterocycles. The van der Waals surface area contributed by atoms with Crippen LogP contribution in [0.25, 0.3) is 21.6 Å². The van der Waals surface area contributed by atoms with E-state index in [1.54, 1.807) is 0 Å². The Labute approximate surface area is 136 Å². The largest absolute Gasteiger partial charge is 0.417 e. The Kier molecular flexibility index (Phi) is 5.05. The zero-order chi connectivity index (χ0) is 13.1. The van der Waals surface area contributed by atoms with E-state index in [9.17, 15) is 4.79 Å². The maximum absolute atomic E-state index is 10.9. The van der Waals surface area contributed by atoms with Gasteiger partial charge in [0, 0.05) is 32.2 Å². The molecule has 0 spiro atoms.